The molecule has 1 atom stereocenters. The highest BCUT2D eigenvalue weighted by atomic mass is 16.2. The van der Waals surface area contributed by atoms with E-state index in [1.807, 2.05) is 34.9 Å². The second kappa shape index (κ2) is 9.80. The van der Waals surface area contributed by atoms with Crippen molar-refractivity contribution in [3.8, 4) is 0 Å². The molecular formula is C26H34N4O2. The summed E-state index contributed by atoms with van der Waals surface area (Å²) in [4.78, 5) is 39.2. The van der Waals surface area contributed by atoms with Crippen LogP contribution in [0.1, 0.15) is 74.6 Å². The molecule has 0 radical (unpaired) electrons. The average Bonchev–Trinajstić information content (AvgIpc) is 3.10. The van der Waals surface area contributed by atoms with E-state index < -0.39 is 0 Å². The molecule has 1 aromatic heterocycles. The maximum atomic E-state index is 12.9. The zero-order chi connectivity index (χ0) is 22.7. The van der Waals surface area contributed by atoms with Crippen molar-refractivity contribution < 1.29 is 9.59 Å². The SMILES string of the molecule is Cc1nc([C@H]2CCCCN2C(=O)CC(C)C)nc2c1CC(=O)N2CCCc1ccccc1. The Morgan fingerprint density at radius 2 is 1.94 bits per heavy atom. The number of hydrogen-bond donors (Lipinski definition) is 0. The molecule has 3 heterocycles. The summed E-state index contributed by atoms with van der Waals surface area (Å²) in [6.45, 7) is 7.53. The van der Waals surface area contributed by atoms with Crippen molar-refractivity contribution in [3.05, 3.63) is 53.0 Å². The molecule has 2 aliphatic rings. The molecular weight excluding hydrogens is 400 g/mol. The summed E-state index contributed by atoms with van der Waals surface area (Å²) in [6.07, 6.45) is 5.69. The first-order valence-corrected chi connectivity index (χ1v) is 11.9. The third kappa shape index (κ3) is 4.84. The van der Waals surface area contributed by atoms with Crippen LogP contribution >= 0.6 is 0 Å². The number of aryl methyl sites for hydroxylation is 2. The topological polar surface area (TPSA) is 66.4 Å². The first kappa shape index (κ1) is 22.4. The number of aromatic nitrogens is 2. The Kier molecular flexibility index (Phi) is 6.87. The summed E-state index contributed by atoms with van der Waals surface area (Å²) in [6, 6.07) is 10.3. The molecule has 0 aliphatic carbocycles. The number of likely N-dealkylation sites (tertiary alicyclic amines) is 1. The fourth-order valence-corrected chi connectivity index (χ4v) is 4.83. The van der Waals surface area contributed by atoms with Gasteiger partial charge >= 0.3 is 0 Å². The lowest BCUT2D eigenvalue weighted by molar-refractivity contribution is -0.136. The third-order valence-corrected chi connectivity index (χ3v) is 6.49. The van der Waals surface area contributed by atoms with Crippen LogP contribution in [0.2, 0.25) is 0 Å². The molecule has 0 bridgehead atoms. The average molecular weight is 435 g/mol. The minimum absolute atomic E-state index is 0.0963. The van der Waals surface area contributed by atoms with Crippen LogP contribution in [0.3, 0.4) is 0 Å². The number of amides is 2. The van der Waals surface area contributed by atoms with E-state index in [1.54, 1.807) is 0 Å². The molecule has 170 valence electrons. The van der Waals surface area contributed by atoms with Crippen molar-refractivity contribution in [2.75, 3.05) is 18.0 Å². The molecule has 0 saturated carbocycles. The van der Waals surface area contributed by atoms with Crippen LogP contribution in [0.15, 0.2) is 30.3 Å². The molecule has 2 aliphatic heterocycles. The van der Waals surface area contributed by atoms with Gasteiger partial charge in [-0.2, -0.15) is 0 Å². The highest BCUT2D eigenvalue weighted by Gasteiger charge is 2.35. The van der Waals surface area contributed by atoms with Crippen molar-refractivity contribution in [2.45, 2.75) is 71.8 Å². The highest BCUT2D eigenvalue weighted by Crippen LogP contribution is 2.35. The molecule has 6 heteroatoms. The number of anilines is 1. The second-order valence-corrected chi connectivity index (χ2v) is 9.48. The van der Waals surface area contributed by atoms with E-state index in [-0.39, 0.29) is 17.9 Å². The number of hydrogen-bond acceptors (Lipinski definition) is 4. The van der Waals surface area contributed by atoms with Crippen LogP contribution in [0.25, 0.3) is 0 Å². The molecule has 4 rings (SSSR count). The van der Waals surface area contributed by atoms with Crippen LogP contribution in [0.5, 0.6) is 0 Å². The standard InChI is InChI=1S/C26H34N4O2/c1-18(2)16-23(31)29-14-8-7-13-22(29)25-27-19(3)21-17-24(32)30(26(21)28-25)15-9-12-20-10-5-4-6-11-20/h4-6,10-11,18,22H,7-9,12-17H2,1-3H3/t22-/m1/s1. The molecule has 1 aromatic carbocycles. The van der Waals surface area contributed by atoms with Crippen molar-refractivity contribution in [1.82, 2.24) is 14.9 Å². The van der Waals surface area contributed by atoms with Crippen LogP contribution in [-0.4, -0.2) is 39.8 Å². The van der Waals surface area contributed by atoms with Gasteiger partial charge in [0.05, 0.1) is 12.5 Å². The predicted octanol–water partition coefficient (Wildman–Crippen LogP) is 4.41. The van der Waals surface area contributed by atoms with Gasteiger partial charge in [0.15, 0.2) is 5.82 Å². The Bertz CT molecular complexity index is 973. The van der Waals surface area contributed by atoms with E-state index in [9.17, 15) is 9.59 Å². The first-order chi connectivity index (χ1) is 15.4. The number of carbonyl (C=O) groups excluding carboxylic acids is 2. The monoisotopic (exact) mass is 434 g/mol. The Balaban J connectivity index is 1.55. The lowest BCUT2D eigenvalue weighted by Gasteiger charge is -2.35. The summed E-state index contributed by atoms with van der Waals surface area (Å²) >= 11 is 0. The van der Waals surface area contributed by atoms with Gasteiger partial charge in [-0.25, -0.2) is 9.97 Å². The lowest BCUT2D eigenvalue weighted by Crippen LogP contribution is -2.40. The van der Waals surface area contributed by atoms with Gasteiger partial charge in [-0.1, -0.05) is 44.2 Å². The largest absolute Gasteiger partial charge is 0.332 e. The van der Waals surface area contributed by atoms with Crippen molar-refractivity contribution in [3.63, 3.8) is 0 Å². The number of benzene rings is 1. The van der Waals surface area contributed by atoms with Gasteiger partial charge in [-0.05, 0) is 50.5 Å². The molecule has 1 fully saturated rings. The minimum atomic E-state index is -0.0964. The minimum Gasteiger partial charge on any atom is -0.332 e. The molecule has 6 nitrogen and oxygen atoms in total. The molecule has 32 heavy (non-hydrogen) atoms. The summed E-state index contributed by atoms with van der Waals surface area (Å²) in [5, 5.41) is 0. The van der Waals surface area contributed by atoms with Gasteiger partial charge in [-0.3, -0.25) is 14.5 Å². The van der Waals surface area contributed by atoms with Crippen molar-refractivity contribution in [2.24, 2.45) is 5.92 Å². The summed E-state index contributed by atoms with van der Waals surface area (Å²) in [5.74, 6) is 2.06. The Labute approximate surface area is 191 Å². The molecule has 2 aromatic rings. The highest BCUT2D eigenvalue weighted by molar-refractivity contribution is 6.00. The number of nitrogens with zero attached hydrogens (tertiary/aromatic N) is 4. The van der Waals surface area contributed by atoms with E-state index in [0.29, 0.717) is 31.1 Å². The molecule has 2 amide bonds. The summed E-state index contributed by atoms with van der Waals surface area (Å²) in [5.41, 5.74) is 3.08. The van der Waals surface area contributed by atoms with Crippen molar-refractivity contribution in [1.29, 1.82) is 0 Å². The van der Waals surface area contributed by atoms with Gasteiger partial charge in [-0.15, -0.1) is 0 Å². The first-order valence-electron chi connectivity index (χ1n) is 11.9. The Hall–Kier alpha value is -2.76. The Morgan fingerprint density at radius 3 is 2.69 bits per heavy atom. The quantitative estimate of drug-likeness (QED) is 0.648. The maximum Gasteiger partial charge on any atom is 0.232 e. The smallest absolute Gasteiger partial charge is 0.232 e. The van der Waals surface area contributed by atoms with Crippen LogP contribution in [0.4, 0.5) is 5.82 Å². The van der Waals surface area contributed by atoms with Crippen LogP contribution in [-0.2, 0) is 22.4 Å². The van der Waals surface area contributed by atoms with Crippen LogP contribution in [0, 0.1) is 12.8 Å². The van der Waals surface area contributed by atoms with Gasteiger partial charge in [0.1, 0.15) is 5.82 Å². The maximum absolute atomic E-state index is 12.9. The normalized spacial score (nSPS) is 18.4. The van der Waals surface area contributed by atoms with E-state index in [1.165, 1.54) is 5.56 Å². The molecule has 0 N–H and O–H groups in total. The van der Waals surface area contributed by atoms with Gasteiger partial charge < -0.3 is 4.90 Å². The number of piperidine rings is 1. The van der Waals surface area contributed by atoms with Gasteiger partial charge in [0.2, 0.25) is 11.8 Å². The van der Waals surface area contributed by atoms with Gasteiger partial charge in [0, 0.05) is 30.8 Å². The third-order valence-electron chi connectivity index (χ3n) is 6.49. The summed E-state index contributed by atoms with van der Waals surface area (Å²) in [7, 11) is 0. The number of carbonyl (C=O) groups is 2. The zero-order valence-electron chi connectivity index (χ0n) is 19.5. The van der Waals surface area contributed by atoms with E-state index in [2.05, 4.69) is 26.0 Å². The molecule has 1 saturated heterocycles. The molecule has 0 spiro atoms. The second-order valence-electron chi connectivity index (χ2n) is 9.48. The summed E-state index contributed by atoms with van der Waals surface area (Å²) < 4.78 is 0. The molecule has 0 unspecified atom stereocenters. The van der Waals surface area contributed by atoms with Gasteiger partial charge in [0.25, 0.3) is 0 Å². The van der Waals surface area contributed by atoms with E-state index in [0.717, 1.165) is 55.7 Å². The Morgan fingerprint density at radius 1 is 1.16 bits per heavy atom. The van der Waals surface area contributed by atoms with Crippen LogP contribution < -0.4 is 4.90 Å². The number of fused-ring (bicyclic) bond motifs is 1. The lowest BCUT2D eigenvalue weighted by atomic mass is 9.99. The fraction of sp³-hybridized carbons (Fsp3) is 0.538. The van der Waals surface area contributed by atoms with E-state index in [4.69, 9.17) is 9.97 Å². The van der Waals surface area contributed by atoms with Crippen molar-refractivity contribution >= 4 is 17.6 Å². The fourth-order valence-electron chi connectivity index (χ4n) is 4.83. The predicted molar refractivity (Wildman–Crippen MR) is 125 cm³/mol. The van der Waals surface area contributed by atoms with E-state index >= 15 is 0 Å². The zero-order valence-corrected chi connectivity index (χ0v) is 19.5. The number of rotatable bonds is 7.